The van der Waals surface area contributed by atoms with Crippen molar-refractivity contribution in [3.05, 3.63) is 82.4 Å². The Kier molecular flexibility index (Phi) is 11.1. The van der Waals surface area contributed by atoms with Crippen LogP contribution in [0.25, 0.3) is 16.7 Å². The molecule has 4 saturated heterocycles. The number of hydrogen-bond donors (Lipinski definition) is 2. The zero-order chi connectivity index (χ0) is 43.4. The van der Waals surface area contributed by atoms with E-state index in [1.165, 1.54) is 10.7 Å². The quantitative estimate of drug-likeness (QED) is 0.184. The van der Waals surface area contributed by atoms with Gasteiger partial charge in [-0.05, 0) is 81.9 Å². The van der Waals surface area contributed by atoms with Gasteiger partial charge in [-0.2, -0.15) is 10.2 Å². The number of imidazole rings is 1. The second-order valence-electron chi connectivity index (χ2n) is 17.6. The molecule has 10 rings (SSSR count). The van der Waals surface area contributed by atoms with Gasteiger partial charge in [0.1, 0.15) is 24.0 Å². The van der Waals surface area contributed by atoms with E-state index in [4.69, 9.17) is 14.5 Å². The summed E-state index contributed by atoms with van der Waals surface area (Å²) in [6.45, 7) is 8.33. The van der Waals surface area contributed by atoms with Gasteiger partial charge in [-0.15, -0.1) is 0 Å². The average molecular weight is 864 g/mol. The number of nitrogens with zero attached hydrogens (tertiary/aromatic N) is 9. The van der Waals surface area contributed by atoms with Crippen molar-refractivity contribution in [3.63, 3.8) is 0 Å². The number of benzene rings is 1. The number of anilines is 2. The minimum absolute atomic E-state index is 0.00403. The lowest BCUT2D eigenvalue weighted by Gasteiger charge is -2.36. The standard InChI is InChI=1S/C45H51F2N11O5/c1-27-8-13-37(44(60)49-27)58-36-7-3-5-29(40(36)53(2)45(58)61)6-4-20-62-32-14-17-54(18-15-32)23-28-9-11-30(12-10-28)57-25-35(39(52-57)41(46)47)50-43(59)34-22-48-56-19-16-38(51-42(34)56)55-24-33-21-31(55)26-63-33/h3,5,7,16,19,22,25,28,30-33,37,41H,1,8-15,17-18,20-21,23-24,26H2,2H3,(H,49,60)(H,50,59)/t28?,30?,31-,33-,37?/m1/s1. The maximum Gasteiger partial charge on any atom is 0.329 e. The van der Waals surface area contributed by atoms with Crippen LogP contribution in [0, 0.1) is 17.8 Å². The van der Waals surface area contributed by atoms with Crippen LogP contribution in [-0.4, -0.2) is 108 Å². The summed E-state index contributed by atoms with van der Waals surface area (Å²) >= 11 is 0. The number of allylic oxidation sites excluding steroid dienone is 1. The fraction of sp³-hybridized carbons (Fsp3) is 0.511. The first-order valence-electron chi connectivity index (χ1n) is 22.0. The lowest BCUT2D eigenvalue weighted by Crippen LogP contribution is -2.40. The summed E-state index contributed by atoms with van der Waals surface area (Å²) < 4.78 is 46.8. The largest absolute Gasteiger partial charge is 0.374 e. The molecule has 2 bridgehead atoms. The highest BCUT2D eigenvalue weighted by Crippen LogP contribution is 2.36. The van der Waals surface area contributed by atoms with E-state index in [-0.39, 0.29) is 53.7 Å². The Morgan fingerprint density at radius 1 is 1.10 bits per heavy atom. The molecule has 1 saturated carbocycles. The van der Waals surface area contributed by atoms with Crippen molar-refractivity contribution in [3.8, 4) is 11.8 Å². The van der Waals surface area contributed by atoms with Crippen LogP contribution >= 0.6 is 0 Å². The van der Waals surface area contributed by atoms with Gasteiger partial charge in [0.2, 0.25) is 5.91 Å². The van der Waals surface area contributed by atoms with Gasteiger partial charge >= 0.3 is 5.69 Å². The lowest BCUT2D eigenvalue weighted by molar-refractivity contribution is -0.124. The topological polar surface area (TPSA) is 158 Å². The molecule has 0 spiro atoms. The number of piperidine rings is 2. The minimum Gasteiger partial charge on any atom is -0.374 e. The zero-order valence-corrected chi connectivity index (χ0v) is 35.2. The van der Waals surface area contributed by atoms with Gasteiger partial charge in [0.25, 0.3) is 12.3 Å². The summed E-state index contributed by atoms with van der Waals surface area (Å²) in [5.41, 5.74) is 2.59. The molecule has 2 N–H and O–H groups in total. The van der Waals surface area contributed by atoms with Gasteiger partial charge < -0.3 is 29.9 Å². The fourth-order valence-corrected chi connectivity index (χ4v) is 10.3. The van der Waals surface area contributed by atoms with E-state index in [0.29, 0.717) is 53.3 Å². The molecule has 1 unspecified atom stereocenters. The van der Waals surface area contributed by atoms with E-state index in [1.54, 1.807) is 33.3 Å². The number of morpholine rings is 1. The summed E-state index contributed by atoms with van der Waals surface area (Å²) in [6, 6.07) is 7.06. The smallest absolute Gasteiger partial charge is 0.329 e. The van der Waals surface area contributed by atoms with Crippen molar-refractivity contribution in [1.29, 1.82) is 0 Å². The van der Waals surface area contributed by atoms with E-state index in [0.717, 1.165) is 76.9 Å². The van der Waals surface area contributed by atoms with E-state index in [1.807, 2.05) is 24.3 Å². The highest BCUT2D eigenvalue weighted by molar-refractivity contribution is 6.08. The number of para-hydroxylation sites is 1. The van der Waals surface area contributed by atoms with Crippen molar-refractivity contribution in [1.82, 2.24) is 43.7 Å². The maximum absolute atomic E-state index is 14.3. The second kappa shape index (κ2) is 17.0. The predicted octanol–water partition coefficient (Wildman–Crippen LogP) is 4.98. The van der Waals surface area contributed by atoms with Crippen LogP contribution in [0.4, 0.5) is 20.3 Å². The Balaban J connectivity index is 0.700. The molecule has 330 valence electrons. The Hall–Kier alpha value is -5.90. The lowest BCUT2D eigenvalue weighted by atomic mass is 9.85. The average Bonchev–Trinajstić information content (AvgIpc) is 4.13. The number of carbonyl (C=O) groups excluding carboxylic acids is 2. The number of fused-ring (bicyclic) bond motifs is 4. The molecular weight excluding hydrogens is 813 g/mol. The Labute approximate surface area is 362 Å². The van der Waals surface area contributed by atoms with Crippen LogP contribution in [0.1, 0.15) is 97.9 Å². The SMILES string of the molecule is C=C1CCC(n2c(=O)n(C)c3c(C#CCOC4CCN(CC5CCC(n6cc(NC(=O)c7cnn8ccc(N9C[C@H]%10C[C@@H]9CO%10)nc78)c(C(F)F)n6)CC5)CC4)cccc32)C(=O)N1. The number of nitrogens with one attached hydrogen (secondary N) is 2. The van der Waals surface area contributed by atoms with E-state index >= 15 is 0 Å². The first kappa shape index (κ1) is 41.1. The monoisotopic (exact) mass is 863 g/mol. The van der Waals surface area contributed by atoms with Crippen molar-refractivity contribution in [2.75, 3.05) is 49.6 Å². The molecule has 5 aliphatic rings. The molecule has 4 aliphatic heterocycles. The van der Waals surface area contributed by atoms with Crippen LogP contribution in [0.15, 0.2) is 59.9 Å². The van der Waals surface area contributed by atoms with Crippen molar-refractivity contribution < 1.29 is 27.8 Å². The number of aromatic nitrogens is 7. The molecule has 0 radical (unpaired) electrons. The van der Waals surface area contributed by atoms with Crippen LogP contribution < -0.4 is 21.2 Å². The summed E-state index contributed by atoms with van der Waals surface area (Å²) in [4.78, 5) is 49.0. The maximum atomic E-state index is 14.3. The fourth-order valence-electron chi connectivity index (χ4n) is 10.3. The number of alkyl halides is 2. The molecule has 5 fully saturated rings. The van der Waals surface area contributed by atoms with Gasteiger partial charge in [0.05, 0.1) is 59.4 Å². The number of aryl methyl sites for hydroxylation is 1. The molecule has 4 aromatic heterocycles. The van der Waals surface area contributed by atoms with E-state index < -0.39 is 24.1 Å². The van der Waals surface area contributed by atoms with Gasteiger partial charge in [0, 0.05) is 51.3 Å². The first-order chi connectivity index (χ1) is 30.6. The molecule has 3 atom stereocenters. The third-order valence-electron chi connectivity index (χ3n) is 13.6. The molecule has 8 heterocycles. The van der Waals surface area contributed by atoms with Crippen LogP contribution in [0.3, 0.4) is 0 Å². The van der Waals surface area contributed by atoms with Crippen LogP contribution in [-0.2, 0) is 21.3 Å². The van der Waals surface area contributed by atoms with Gasteiger partial charge in [0.15, 0.2) is 11.3 Å². The number of ether oxygens (including phenoxy) is 2. The molecule has 5 aromatic rings. The number of carbonyl (C=O) groups is 2. The Morgan fingerprint density at radius 3 is 2.67 bits per heavy atom. The van der Waals surface area contributed by atoms with Gasteiger partial charge in [-0.3, -0.25) is 23.4 Å². The number of likely N-dealkylation sites (tertiary alicyclic amines) is 1. The summed E-state index contributed by atoms with van der Waals surface area (Å²) in [7, 11) is 1.71. The van der Waals surface area contributed by atoms with Crippen molar-refractivity contribution >= 4 is 40.0 Å². The van der Waals surface area contributed by atoms with Crippen LogP contribution in [0.5, 0.6) is 0 Å². The third kappa shape index (κ3) is 8.02. The predicted molar refractivity (Wildman–Crippen MR) is 230 cm³/mol. The van der Waals surface area contributed by atoms with Crippen LogP contribution in [0.2, 0.25) is 0 Å². The summed E-state index contributed by atoms with van der Waals surface area (Å²) in [5.74, 6) is 6.79. The minimum atomic E-state index is -2.86. The van der Waals surface area contributed by atoms with Gasteiger partial charge in [-0.1, -0.05) is 24.5 Å². The number of rotatable bonds is 10. The molecule has 2 amide bonds. The van der Waals surface area contributed by atoms with Crippen molar-refractivity contribution in [2.24, 2.45) is 13.0 Å². The molecular formula is C45H51F2N11O5. The Morgan fingerprint density at radius 2 is 1.92 bits per heavy atom. The highest BCUT2D eigenvalue weighted by Gasteiger charge is 2.40. The van der Waals surface area contributed by atoms with E-state index in [9.17, 15) is 23.2 Å². The number of halogens is 2. The van der Waals surface area contributed by atoms with Gasteiger partial charge in [-0.25, -0.2) is 23.1 Å². The Bertz CT molecular complexity index is 2690. The van der Waals surface area contributed by atoms with E-state index in [2.05, 4.69) is 49.1 Å². The number of amides is 2. The normalized spacial score (nSPS) is 24.4. The molecule has 63 heavy (non-hydrogen) atoms. The molecule has 18 heteroatoms. The molecule has 1 aromatic carbocycles. The summed E-state index contributed by atoms with van der Waals surface area (Å²) in [5, 5.41) is 14.1. The first-order valence-corrected chi connectivity index (χ1v) is 22.0. The highest BCUT2D eigenvalue weighted by atomic mass is 19.3. The third-order valence-corrected chi connectivity index (χ3v) is 13.6. The summed E-state index contributed by atoms with van der Waals surface area (Å²) in [6.07, 6.45) is 9.54. The molecule has 16 nitrogen and oxygen atoms in total. The van der Waals surface area contributed by atoms with Crippen molar-refractivity contribution in [2.45, 2.75) is 94.5 Å². The second-order valence-corrected chi connectivity index (χ2v) is 17.6. The number of hydrogen-bond acceptors (Lipinski definition) is 10. The zero-order valence-electron chi connectivity index (χ0n) is 35.2. The molecule has 1 aliphatic carbocycles.